The molecule has 0 amide bonds. The fourth-order valence-corrected chi connectivity index (χ4v) is 4.02. The van der Waals surface area contributed by atoms with Gasteiger partial charge in [-0.15, -0.1) is 11.3 Å². The maximum absolute atomic E-state index is 10.5. The van der Waals surface area contributed by atoms with Gasteiger partial charge in [0, 0.05) is 24.8 Å². The Bertz CT molecular complexity index is 616. The van der Waals surface area contributed by atoms with Crippen LogP contribution in [0.4, 0.5) is 0 Å². The minimum atomic E-state index is -0.435. The lowest BCUT2D eigenvalue weighted by Gasteiger charge is -2.34. The molecule has 2 aromatic rings. The monoisotopic (exact) mass is 334 g/mol. The van der Waals surface area contributed by atoms with Gasteiger partial charge in [0.15, 0.2) is 0 Å². The van der Waals surface area contributed by atoms with Crippen LogP contribution in [0.3, 0.4) is 0 Å². The molecule has 3 heterocycles. The summed E-state index contributed by atoms with van der Waals surface area (Å²) < 4.78 is 1.92. The molecule has 5 nitrogen and oxygen atoms in total. The Morgan fingerprint density at radius 3 is 2.78 bits per heavy atom. The lowest BCUT2D eigenvalue weighted by atomic mass is 9.90. The molecule has 1 N–H and O–H groups in total. The Hall–Kier alpha value is -1.24. The van der Waals surface area contributed by atoms with Crippen LogP contribution < -0.4 is 0 Å². The highest BCUT2D eigenvalue weighted by Crippen LogP contribution is 2.29. The summed E-state index contributed by atoms with van der Waals surface area (Å²) in [6.45, 7) is 5.33. The van der Waals surface area contributed by atoms with Gasteiger partial charge < -0.3 is 14.6 Å². The van der Waals surface area contributed by atoms with Crippen LogP contribution in [0, 0.1) is 12.8 Å². The molecule has 2 aromatic heterocycles. The van der Waals surface area contributed by atoms with Crippen LogP contribution in [0.2, 0.25) is 0 Å². The second-order valence-electron chi connectivity index (χ2n) is 6.48. The third kappa shape index (κ3) is 4.19. The number of likely N-dealkylation sites (tertiary alicyclic amines) is 1. The average molecular weight is 334 g/mol. The molecule has 1 saturated heterocycles. The summed E-state index contributed by atoms with van der Waals surface area (Å²) in [5.74, 6) is 1.12. The molecular formula is C17H26N4OS. The van der Waals surface area contributed by atoms with Gasteiger partial charge in [0.1, 0.15) is 11.9 Å². The second kappa shape index (κ2) is 7.55. The van der Waals surface area contributed by atoms with Crippen molar-refractivity contribution in [3.05, 3.63) is 34.3 Å². The number of piperidine rings is 1. The van der Waals surface area contributed by atoms with E-state index in [1.165, 1.54) is 5.69 Å². The van der Waals surface area contributed by atoms with E-state index in [-0.39, 0.29) is 0 Å². The second-order valence-corrected chi connectivity index (χ2v) is 7.54. The number of aromatic nitrogens is 3. The van der Waals surface area contributed by atoms with E-state index in [9.17, 15) is 5.11 Å². The Labute approximate surface area is 142 Å². The lowest BCUT2D eigenvalue weighted by Crippen LogP contribution is -2.36. The topological polar surface area (TPSA) is 54.2 Å². The summed E-state index contributed by atoms with van der Waals surface area (Å²) in [6.07, 6.45) is 7.54. The third-order valence-electron chi connectivity index (χ3n) is 4.78. The summed E-state index contributed by atoms with van der Waals surface area (Å²) in [6, 6.07) is 0. The third-order valence-corrected chi connectivity index (χ3v) is 5.60. The van der Waals surface area contributed by atoms with Crippen molar-refractivity contribution < 1.29 is 5.11 Å². The molecule has 6 heteroatoms. The van der Waals surface area contributed by atoms with E-state index < -0.39 is 6.10 Å². The highest BCUT2D eigenvalue weighted by Gasteiger charge is 2.28. The van der Waals surface area contributed by atoms with Gasteiger partial charge in [-0.3, -0.25) is 0 Å². The van der Waals surface area contributed by atoms with E-state index in [0.29, 0.717) is 5.92 Å². The quantitative estimate of drug-likeness (QED) is 0.882. The number of rotatable bonds is 6. The number of hydrogen-bond donors (Lipinski definition) is 1. The van der Waals surface area contributed by atoms with Crippen molar-refractivity contribution in [2.45, 2.75) is 38.7 Å². The summed E-state index contributed by atoms with van der Waals surface area (Å²) in [7, 11) is 1.95. The van der Waals surface area contributed by atoms with Gasteiger partial charge in [-0.1, -0.05) is 0 Å². The first-order valence-corrected chi connectivity index (χ1v) is 9.30. The van der Waals surface area contributed by atoms with E-state index in [4.69, 9.17) is 0 Å². The number of thiazole rings is 1. The fourth-order valence-electron chi connectivity index (χ4n) is 3.37. The van der Waals surface area contributed by atoms with E-state index in [0.717, 1.165) is 56.1 Å². The van der Waals surface area contributed by atoms with Crippen LogP contribution in [-0.2, 0) is 13.5 Å². The van der Waals surface area contributed by atoms with Crippen molar-refractivity contribution in [3.63, 3.8) is 0 Å². The normalized spacial score (nSPS) is 18.4. The zero-order valence-corrected chi connectivity index (χ0v) is 14.8. The predicted octanol–water partition coefficient (Wildman–Crippen LogP) is 2.56. The molecule has 126 valence electrons. The Kier molecular flexibility index (Phi) is 5.46. The molecule has 1 fully saturated rings. The summed E-state index contributed by atoms with van der Waals surface area (Å²) in [5, 5.41) is 13.8. The fraction of sp³-hybridized carbons (Fsp3) is 0.647. The first kappa shape index (κ1) is 16.6. The molecule has 23 heavy (non-hydrogen) atoms. The first-order chi connectivity index (χ1) is 11.1. The van der Waals surface area contributed by atoms with Gasteiger partial charge in [-0.2, -0.15) is 0 Å². The standard InChI is InChI=1S/C17H26N4OS/c1-13-19-15(12-23-13)4-3-8-21-9-5-14(6-10-21)16(22)17-18-7-11-20(17)2/h7,11-12,14,16,22H,3-6,8-10H2,1-2H3. The zero-order valence-electron chi connectivity index (χ0n) is 14.0. The largest absolute Gasteiger partial charge is 0.385 e. The summed E-state index contributed by atoms with van der Waals surface area (Å²) in [5.41, 5.74) is 1.23. The number of aliphatic hydroxyl groups is 1. The molecule has 1 unspecified atom stereocenters. The van der Waals surface area contributed by atoms with E-state index in [1.807, 2.05) is 17.8 Å². The number of nitrogens with zero attached hydrogens (tertiary/aromatic N) is 4. The minimum Gasteiger partial charge on any atom is -0.385 e. The van der Waals surface area contributed by atoms with Crippen LogP contribution in [0.1, 0.15) is 41.9 Å². The van der Waals surface area contributed by atoms with Crippen molar-refractivity contribution in [1.82, 2.24) is 19.4 Å². The molecule has 0 saturated carbocycles. The number of imidazole rings is 1. The Balaban J connectivity index is 1.41. The Morgan fingerprint density at radius 1 is 1.39 bits per heavy atom. The van der Waals surface area contributed by atoms with Gasteiger partial charge in [-0.05, 0) is 58.2 Å². The van der Waals surface area contributed by atoms with Crippen LogP contribution in [0.25, 0.3) is 0 Å². The number of hydrogen-bond acceptors (Lipinski definition) is 5. The SMILES string of the molecule is Cc1nc(CCCN2CCC(C(O)c3nccn3C)CC2)cs1. The highest BCUT2D eigenvalue weighted by atomic mass is 32.1. The molecule has 0 spiro atoms. The lowest BCUT2D eigenvalue weighted by molar-refractivity contribution is 0.0509. The van der Waals surface area contributed by atoms with E-state index in [1.54, 1.807) is 17.5 Å². The molecule has 1 atom stereocenters. The minimum absolute atomic E-state index is 0.327. The molecule has 0 bridgehead atoms. The zero-order chi connectivity index (χ0) is 16.2. The first-order valence-electron chi connectivity index (χ1n) is 8.42. The van der Waals surface area contributed by atoms with Crippen LogP contribution >= 0.6 is 11.3 Å². The van der Waals surface area contributed by atoms with Gasteiger partial charge in [-0.25, -0.2) is 9.97 Å². The van der Waals surface area contributed by atoms with Crippen molar-refractivity contribution in [2.24, 2.45) is 13.0 Å². The highest BCUT2D eigenvalue weighted by molar-refractivity contribution is 7.09. The van der Waals surface area contributed by atoms with Crippen molar-refractivity contribution in [2.75, 3.05) is 19.6 Å². The van der Waals surface area contributed by atoms with E-state index >= 15 is 0 Å². The predicted molar refractivity (Wildman–Crippen MR) is 92.5 cm³/mol. The van der Waals surface area contributed by atoms with Gasteiger partial charge >= 0.3 is 0 Å². The van der Waals surface area contributed by atoms with Crippen LogP contribution in [0.15, 0.2) is 17.8 Å². The van der Waals surface area contributed by atoms with Crippen LogP contribution in [-0.4, -0.2) is 44.2 Å². The van der Waals surface area contributed by atoms with Crippen molar-refractivity contribution >= 4 is 11.3 Å². The van der Waals surface area contributed by atoms with Crippen LogP contribution in [0.5, 0.6) is 0 Å². The van der Waals surface area contributed by atoms with Gasteiger partial charge in [0.05, 0.1) is 10.7 Å². The summed E-state index contributed by atoms with van der Waals surface area (Å²) >= 11 is 1.73. The maximum atomic E-state index is 10.5. The smallest absolute Gasteiger partial charge is 0.137 e. The molecule has 0 aliphatic carbocycles. The molecule has 0 radical (unpaired) electrons. The number of aliphatic hydroxyl groups excluding tert-OH is 1. The van der Waals surface area contributed by atoms with Gasteiger partial charge in [0.2, 0.25) is 0 Å². The molecule has 0 aromatic carbocycles. The van der Waals surface area contributed by atoms with Crippen molar-refractivity contribution in [3.8, 4) is 0 Å². The molecular weight excluding hydrogens is 308 g/mol. The Morgan fingerprint density at radius 2 is 2.17 bits per heavy atom. The van der Waals surface area contributed by atoms with Crippen molar-refractivity contribution in [1.29, 1.82) is 0 Å². The van der Waals surface area contributed by atoms with Gasteiger partial charge in [0.25, 0.3) is 0 Å². The summed E-state index contributed by atoms with van der Waals surface area (Å²) in [4.78, 5) is 11.3. The maximum Gasteiger partial charge on any atom is 0.137 e. The molecule has 1 aliphatic heterocycles. The molecule has 3 rings (SSSR count). The van der Waals surface area contributed by atoms with E-state index in [2.05, 4.69) is 27.2 Å². The molecule has 1 aliphatic rings. The average Bonchev–Trinajstić information content (AvgIpc) is 3.16. The number of aryl methyl sites for hydroxylation is 3.